The average Bonchev–Trinajstić information content (AvgIpc) is 2.84. The number of benzene rings is 1. The van der Waals surface area contributed by atoms with Crippen molar-refractivity contribution < 1.29 is 19.0 Å². The summed E-state index contributed by atoms with van der Waals surface area (Å²) in [6.45, 7) is 2.05. The minimum Gasteiger partial charge on any atom is -0.394 e. The molecule has 104 valence electrons. The summed E-state index contributed by atoms with van der Waals surface area (Å²) in [5, 5.41) is 9.33. The van der Waals surface area contributed by atoms with Crippen LogP contribution in [-0.4, -0.2) is 48.3 Å². The van der Waals surface area contributed by atoms with Gasteiger partial charge in [0.15, 0.2) is 0 Å². The number of hydrogen-bond donors (Lipinski definition) is 1. The topological polar surface area (TPSA) is 49.8 Å². The zero-order valence-corrected chi connectivity index (χ0v) is 11.1. The van der Waals surface area contributed by atoms with Crippen LogP contribution < -0.4 is 0 Å². The summed E-state index contributed by atoms with van der Waals surface area (Å²) >= 11 is 0. The van der Waals surface area contributed by atoms with Crippen LogP contribution in [0.5, 0.6) is 0 Å². The zero-order chi connectivity index (χ0) is 14.0. The molecule has 1 aliphatic rings. The number of halogens is 1. The fraction of sp³-hybridized carbons (Fsp3) is 0.500. The van der Waals surface area contributed by atoms with Crippen molar-refractivity contribution in [3.05, 3.63) is 35.1 Å². The molecule has 0 spiro atoms. The van der Waals surface area contributed by atoms with Crippen molar-refractivity contribution in [3.63, 3.8) is 0 Å². The predicted molar refractivity (Wildman–Crippen MR) is 68.5 cm³/mol. The molecule has 1 aromatic carbocycles. The normalized spacial score (nSPS) is 22.8. The second kappa shape index (κ2) is 5.67. The van der Waals surface area contributed by atoms with E-state index in [2.05, 4.69) is 0 Å². The number of methoxy groups -OCH3 is 1. The van der Waals surface area contributed by atoms with E-state index in [0.717, 1.165) is 5.56 Å². The van der Waals surface area contributed by atoms with E-state index in [4.69, 9.17) is 4.74 Å². The summed E-state index contributed by atoms with van der Waals surface area (Å²) in [6, 6.07) is 4.14. The Hall–Kier alpha value is -1.46. The highest BCUT2D eigenvalue weighted by molar-refractivity contribution is 5.95. The lowest BCUT2D eigenvalue weighted by atomic mass is 10.1. The number of ether oxygens (including phenoxy) is 1. The van der Waals surface area contributed by atoms with Gasteiger partial charge in [-0.3, -0.25) is 4.79 Å². The van der Waals surface area contributed by atoms with Crippen LogP contribution in [0.25, 0.3) is 0 Å². The van der Waals surface area contributed by atoms with Gasteiger partial charge < -0.3 is 14.7 Å². The number of carbonyl (C=O) groups excluding carboxylic acids is 1. The smallest absolute Gasteiger partial charge is 0.257 e. The van der Waals surface area contributed by atoms with E-state index >= 15 is 0 Å². The van der Waals surface area contributed by atoms with Gasteiger partial charge in [-0.1, -0.05) is 11.6 Å². The highest BCUT2D eigenvalue weighted by Crippen LogP contribution is 2.23. The number of rotatable bonds is 3. The van der Waals surface area contributed by atoms with Gasteiger partial charge in [-0.05, 0) is 25.5 Å². The molecule has 0 saturated carbocycles. The first-order chi connectivity index (χ1) is 9.06. The maximum absolute atomic E-state index is 13.7. The maximum Gasteiger partial charge on any atom is 0.257 e. The molecule has 5 heteroatoms. The molecule has 0 unspecified atom stereocenters. The van der Waals surface area contributed by atoms with Crippen LogP contribution in [0.15, 0.2) is 18.2 Å². The highest BCUT2D eigenvalue weighted by atomic mass is 19.1. The Labute approximate surface area is 111 Å². The Bertz CT molecular complexity index is 478. The summed E-state index contributed by atoms with van der Waals surface area (Å²) < 4.78 is 19.0. The van der Waals surface area contributed by atoms with E-state index < -0.39 is 5.82 Å². The van der Waals surface area contributed by atoms with Gasteiger partial charge in [0.2, 0.25) is 0 Å². The number of aliphatic hydroxyl groups is 1. The molecule has 1 aromatic rings. The minimum atomic E-state index is -0.534. The highest BCUT2D eigenvalue weighted by Gasteiger charge is 2.36. The number of aryl methyl sites for hydroxylation is 1. The van der Waals surface area contributed by atoms with Crippen molar-refractivity contribution in [2.75, 3.05) is 20.3 Å². The quantitative estimate of drug-likeness (QED) is 0.899. The number of hydrogen-bond acceptors (Lipinski definition) is 3. The number of amides is 1. The Balaban J connectivity index is 2.25. The van der Waals surface area contributed by atoms with Gasteiger partial charge in [0, 0.05) is 13.7 Å². The lowest BCUT2D eigenvalue weighted by Crippen LogP contribution is -2.38. The van der Waals surface area contributed by atoms with Gasteiger partial charge in [0.05, 0.1) is 24.3 Å². The predicted octanol–water partition coefficient (Wildman–Crippen LogP) is 1.36. The third-order valence-electron chi connectivity index (χ3n) is 3.53. The fourth-order valence-electron chi connectivity index (χ4n) is 2.42. The molecular formula is C14H18FNO3. The van der Waals surface area contributed by atoms with Gasteiger partial charge in [-0.2, -0.15) is 0 Å². The summed E-state index contributed by atoms with van der Waals surface area (Å²) in [5.41, 5.74) is 0.878. The van der Waals surface area contributed by atoms with E-state index in [9.17, 15) is 14.3 Å². The molecule has 1 saturated heterocycles. The van der Waals surface area contributed by atoms with Crippen LogP contribution in [0, 0.1) is 12.7 Å². The lowest BCUT2D eigenvalue weighted by Gasteiger charge is -2.23. The first-order valence-electron chi connectivity index (χ1n) is 6.27. The SMILES string of the molecule is CO[C@@H]1C[C@@H](CO)N(C(=O)c2cc(C)ccc2F)C1. The lowest BCUT2D eigenvalue weighted by molar-refractivity contribution is 0.0643. The van der Waals surface area contributed by atoms with Crippen LogP contribution in [-0.2, 0) is 4.74 Å². The molecular weight excluding hydrogens is 249 g/mol. The van der Waals surface area contributed by atoms with Gasteiger partial charge in [0.25, 0.3) is 5.91 Å². The molecule has 1 heterocycles. The van der Waals surface area contributed by atoms with Crippen LogP contribution >= 0.6 is 0 Å². The molecule has 2 atom stereocenters. The molecule has 0 bridgehead atoms. The molecule has 1 amide bonds. The Morgan fingerprint density at radius 2 is 2.32 bits per heavy atom. The first-order valence-corrected chi connectivity index (χ1v) is 6.27. The van der Waals surface area contributed by atoms with Crippen molar-refractivity contribution in [1.82, 2.24) is 4.90 Å². The summed E-state index contributed by atoms with van der Waals surface area (Å²) in [5.74, 6) is -0.923. The van der Waals surface area contributed by atoms with Crippen LogP contribution in [0.2, 0.25) is 0 Å². The summed E-state index contributed by atoms with van der Waals surface area (Å²) in [4.78, 5) is 13.9. The standard InChI is InChI=1S/C14H18FNO3/c1-9-3-4-13(15)12(5-9)14(18)16-7-11(19-2)6-10(16)8-17/h3-5,10-11,17H,6-8H2,1-2H3/t10-,11+/m0/s1. The van der Waals surface area contributed by atoms with Crippen LogP contribution in [0.4, 0.5) is 4.39 Å². The van der Waals surface area contributed by atoms with Crippen molar-refractivity contribution in [3.8, 4) is 0 Å². The molecule has 1 fully saturated rings. The molecule has 1 N–H and O–H groups in total. The number of carbonyl (C=O) groups is 1. The molecule has 0 radical (unpaired) electrons. The molecule has 4 nitrogen and oxygen atoms in total. The van der Waals surface area contributed by atoms with E-state index in [-0.39, 0.29) is 30.2 Å². The third-order valence-corrected chi connectivity index (χ3v) is 3.53. The van der Waals surface area contributed by atoms with Crippen LogP contribution in [0.3, 0.4) is 0 Å². The second-order valence-corrected chi connectivity index (χ2v) is 4.87. The van der Waals surface area contributed by atoms with Gasteiger partial charge >= 0.3 is 0 Å². The molecule has 1 aliphatic heterocycles. The maximum atomic E-state index is 13.7. The first kappa shape index (κ1) is 14.0. The fourth-order valence-corrected chi connectivity index (χ4v) is 2.42. The summed E-state index contributed by atoms with van der Waals surface area (Å²) in [6.07, 6.45) is 0.473. The van der Waals surface area contributed by atoms with E-state index in [0.29, 0.717) is 13.0 Å². The van der Waals surface area contributed by atoms with Crippen LogP contribution in [0.1, 0.15) is 22.3 Å². The number of likely N-dealkylation sites (tertiary alicyclic amines) is 1. The molecule has 19 heavy (non-hydrogen) atoms. The van der Waals surface area contributed by atoms with Gasteiger partial charge in [0.1, 0.15) is 5.82 Å². The number of aliphatic hydroxyl groups excluding tert-OH is 1. The van der Waals surface area contributed by atoms with E-state index in [1.807, 2.05) is 6.92 Å². The van der Waals surface area contributed by atoms with Gasteiger partial charge in [-0.15, -0.1) is 0 Å². The molecule has 0 aliphatic carbocycles. The Morgan fingerprint density at radius 1 is 1.58 bits per heavy atom. The molecule has 2 rings (SSSR count). The van der Waals surface area contributed by atoms with Crippen molar-refractivity contribution >= 4 is 5.91 Å². The van der Waals surface area contributed by atoms with Crippen molar-refractivity contribution in [2.24, 2.45) is 0 Å². The minimum absolute atomic E-state index is 0.0511. The largest absolute Gasteiger partial charge is 0.394 e. The molecule has 0 aromatic heterocycles. The Morgan fingerprint density at radius 3 is 2.95 bits per heavy atom. The third kappa shape index (κ3) is 2.77. The van der Waals surface area contributed by atoms with Crippen molar-refractivity contribution in [1.29, 1.82) is 0 Å². The average molecular weight is 267 g/mol. The van der Waals surface area contributed by atoms with Gasteiger partial charge in [-0.25, -0.2) is 4.39 Å². The Kier molecular flexibility index (Phi) is 4.17. The monoisotopic (exact) mass is 267 g/mol. The van der Waals surface area contributed by atoms with Crippen molar-refractivity contribution in [2.45, 2.75) is 25.5 Å². The number of nitrogens with zero attached hydrogens (tertiary/aromatic N) is 1. The summed E-state index contributed by atoms with van der Waals surface area (Å²) in [7, 11) is 1.57. The van der Waals surface area contributed by atoms with E-state index in [1.54, 1.807) is 13.2 Å². The second-order valence-electron chi connectivity index (χ2n) is 4.87. The zero-order valence-electron chi connectivity index (χ0n) is 11.1. The van der Waals surface area contributed by atoms with E-state index in [1.165, 1.54) is 17.0 Å².